The minimum absolute atomic E-state index is 0.227. The van der Waals surface area contributed by atoms with Crippen LogP contribution in [-0.4, -0.2) is 35.0 Å². The zero-order chi connectivity index (χ0) is 19.2. The molecule has 0 unspecified atom stereocenters. The van der Waals surface area contributed by atoms with E-state index in [0.29, 0.717) is 5.71 Å². The fourth-order valence-electron chi connectivity index (χ4n) is 2.45. The van der Waals surface area contributed by atoms with E-state index in [2.05, 4.69) is 24.2 Å². The topological polar surface area (TPSA) is 72.6 Å². The second kappa shape index (κ2) is 6.33. The Hall–Kier alpha value is -2.08. The first-order valence-electron chi connectivity index (χ1n) is 8.31. The van der Waals surface area contributed by atoms with Gasteiger partial charge in [-0.15, -0.1) is 0 Å². The van der Waals surface area contributed by atoms with Gasteiger partial charge in [0.1, 0.15) is 18.5 Å². The highest BCUT2D eigenvalue weighted by molar-refractivity contribution is 6.49. The summed E-state index contributed by atoms with van der Waals surface area (Å²) in [5.74, 6) is 0.949. The van der Waals surface area contributed by atoms with Crippen molar-refractivity contribution in [2.75, 3.05) is 7.11 Å². The molecule has 1 heterocycles. The van der Waals surface area contributed by atoms with E-state index >= 15 is 0 Å². The summed E-state index contributed by atoms with van der Waals surface area (Å²) >= 11 is 0. The lowest BCUT2D eigenvalue weighted by atomic mass is 9.90. The van der Waals surface area contributed by atoms with Crippen molar-refractivity contribution in [3.05, 3.63) is 27.8 Å². The largest absolute Gasteiger partial charge is 0.434 e. The van der Waals surface area contributed by atoms with Crippen LogP contribution in [0.4, 0.5) is 0 Å². The predicted molar refractivity (Wildman–Crippen MR) is 98.5 cm³/mol. The third-order valence-electron chi connectivity index (χ3n) is 5.28. The van der Waals surface area contributed by atoms with Crippen molar-refractivity contribution in [2.24, 2.45) is 10.3 Å². The fourth-order valence-corrected chi connectivity index (χ4v) is 2.45. The Balaban J connectivity index is 2.54. The van der Waals surface area contributed by atoms with Gasteiger partial charge in [-0.1, -0.05) is 5.16 Å². The maximum Gasteiger partial charge on any atom is 0.286 e. The number of fused-ring (bicyclic) bond motifs is 1. The summed E-state index contributed by atoms with van der Waals surface area (Å²) in [6, 6.07) is 0. The number of aliphatic hydroxyl groups is 1. The molecule has 0 aliphatic carbocycles. The average molecular weight is 348 g/mol. The van der Waals surface area contributed by atoms with Crippen LogP contribution in [-0.2, 0) is 9.68 Å². The zero-order valence-electron chi connectivity index (χ0n) is 16.6. The normalized spacial score (nSPS) is 17.7. The van der Waals surface area contributed by atoms with Gasteiger partial charge in [0.25, 0.3) is 5.90 Å². The molecule has 0 fully saturated rings. The molecule has 2 rings (SSSR count). The van der Waals surface area contributed by atoms with Gasteiger partial charge < -0.3 is 19.5 Å². The standard InChI is InChI=1S/C19H28N2O4/c1-10-11(2)13(4)16-14(12(10)3)15(20-23-9)17(24-16)21-25-19(7,8)18(5,6)22/h22H,1-9H3/b20-15+,21-17-. The molecule has 1 N–H and O–H groups in total. The highest BCUT2D eigenvalue weighted by Gasteiger charge is 2.39. The van der Waals surface area contributed by atoms with Crippen LogP contribution in [0.15, 0.2) is 10.3 Å². The van der Waals surface area contributed by atoms with Crippen LogP contribution in [0.2, 0.25) is 0 Å². The van der Waals surface area contributed by atoms with Crippen LogP contribution < -0.4 is 4.74 Å². The van der Waals surface area contributed by atoms with E-state index in [1.807, 2.05) is 13.8 Å². The molecule has 0 amide bonds. The van der Waals surface area contributed by atoms with Gasteiger partial charge in [-0.25, -0.2) is 0 Å². The monoisotopic (exact) mass is 348 g/mol. The highest BCUT2D eigenvalue weighted by atomic mass is 16.7. The maximum absolute atomic E-state index is 10.2. The maximum atomic E-state index is 10.2. The third-order valence-corrected chi connectivity index (χ3v) is 5.28. The van der Waals surface area contributed by atoms with Gasteiger partial charge in [0.05, 0.1) is 5.56 Å². The van der Waals surface area contributed by atoms with Crippen LogP contribution in [0.3, 0.4) is 0 Å². The van der Waals surface area contributed by atoms with Gasteiger partial charge in [-0.2, -0.15) is 0 Å². The smallest absolute Gasteiger partial charge is 0.286 e. The predicted octanol–water partition coefficient (Wildman–Crippen LogP) is 3.54. The Morgan fingerprint density at radius 1 is 0.880 bits per heavy atom. The molecule has 0 bridgehead atoms. The number of nitrogens with zero attached hydrogens (tertiary/aromatic N) is 2. The summed E-state index contributed by atoms with van der Waals surface area (Å²) in [6.07, 6.45) is 0. The third kappa shape index (κ3) is 3.23. The van der Waals surface area contributed by atoms with Gasteiger partial charge in [0.15, 0.2) is 11.3 Å². The van der Waals surface area contributed by atoms with Crippen molar-refractivity contribution in [3.63, 3.8) is 0 Å². The molecule has 0 saturated carbocycles. The fraction of sp³-hybridized carbons (Fsp3) is 0.579. The number of rotatable bonds is 4. The van der Waals surface area contributed by atoms with Crippen LogP contribution in [0, 0.1) is 27.7 Å². The zero-order valence-corrected chi connectivity index (χ0v) is 16.6. The first kappa shape index (κ1) is 19.2. The number of hydrogen-bond acceptors (Lipinski definition) is 6. The molecule has 25 heavy (non-hydrogen) atoms. The SMILES string of the molecule is CO/N=C1/C(=N/OC(C)(C)C(C)(C)O)Oc2c(C)c(C)c(C)c(C)c21. The molecular weight excluding hydrogens is 320 g/mol. The van der Waals surface area contributed by atoms with Crippen LogP contribution >= 0.6 is 0 Å². The van der Waals surface area contributed by atoms with E-state index in [9.17, 15) is 5.11 Å². The van der Waals surface area contributed by atoms with E-state index in [1.165, 1.54) is 18.2 Å². The highest BCUT2D eigenvalue weighted by Crippen LogP contribution is 2.38. The molecule has 0 radical (unpaired) electrons. The van der Waals surface area contributed by atoms with Crippen molar-refractivity contribution in [1.82, 2.24) is 0 Å². The van der Waals surface area contributed by atoms with Gasteiger partial charge in [-0.05, 0) is 82.8 Å². The van der Waals surface area contributed by atoms with E-state index in [-0.39, 0.29) is 5.90 Å². The molecule has 1 aromatic rings. The Morgan fingerprint density at radius 2 is 1.44 bits per heavy atom. The summed E-state index contributed by atoms with van der Waals surface area (Å²) in [6.45, 7) is 15.0. The lowest BCUT2D eigenvalue weighted by Crippen LogP contribution is -2.46. The number of benzene rings is 1. The molecule has 1 aliphatic heterocycles. The summed E-state index contributed by atoms with van der Waals surface area (Å²) in [5, 5.41) is 18.5. The molecule has 0 aromatic heterocycles. The Morgan fingerprint density at radius 3 is 1.96 bits per heavy atom. The minimum Gasteiger partial charge on any atom is -0.434 e. The van der Waals surface area contributed by atoms with Crippen molar-refractivity contribution < 1.29 is 19.5 Å². The van der Waals surface area contributed by atoms with Crippen molar-refractivity contribution in [1.29, 1.82) is 0 Å². The first-order valence-corrected chi connectivity index (χ1v) is 8.31. The summed E-state index contributed by atoms with van der Waals surface area (Å²) in [5.41, 5.74) is 3.83. The molecule has 6 heteroatoms. The van der Waals surface area contributed by atoms with E-state index in [0.717, 1.165) is 22.4 Å². The van der Waals surface area contributed by atoms with E-state index in [4.69, 9.17) is 14.4 Å². The Labute approximate surface area is 149 Å². The van der Waals surface area contributed by atoms with Gasteiger partial charge in [0, 0.05) is 0 Å². The summed E-state index contributed by atoms with van der Waals surface area (Å²) in [4.78, 5) is 10.6. The lowest BCUT2D eigenvalue weighted by Gasteiger charge is -2.34. The van der Waals surface area contributed by atoms with Crippen molar-refractivity contribution >= 4 is 11.6 Å². The van der Waals surface area contributed by atoms with E-state index < -0.39 is 11.2 Å². The number of oxime groups is 2. The molecular formula is C19H28N2O4. The van der Waals surface area contributed by atoms with Gasteiger partial charge in [0.2, 0.25) is 0 Å². The van der Waals surface area contributed by atoms with Crippen molar-refractivity contribution in [2.45, 2.75) is 66.6 Å². The lowest BCUT2D eigenvalue weighted by molar-refractivity contribution is -0.147. The Kier molecular flexibility index (Phi) is 4.88. The molecule has 6 nitrogen and oxygen atoms in total. The second-order valence-electron chi connectivity index (χ2n) is 7.49. The quantitative estimate of drug-likeness (QED) is 0.845. The van der Waals surface area contributed by atoms with Gasteiger partial charge in [-0.3, -0.25) is 0 Å². The van der Waals surface area contributed by atoms with Crippen molar-refractivity contribution in [3.8, 4) is 5.75 Å². The number of hydrogen-bond donors (Lipinski definition) is 1. The van der Waals surface area contributed by atoms with E-state index in [1.54, 1.807) is 27.7 Å². The second-order valence-corrected chi connectivity index (χ2v) is 7.49. The Bertz CT molecular complexity index is 756. The van der Waals surface area contributed by atoms with Crippen LogP contribution in [0.5, 0.6) is 5.75 Å². The molecule has 1 aliphatic rings. The van der Waals surface area contributed by atoms with Gasteiger partial charge >= 0.3 is 0 Å². The van der Waals surface area contributed by atoms with Crippen LogP contribution in [0.1, 0.15) is 55.5 Å². The molecule has 0 saturated heterocycles. The molecule has 0 atom stereocenters. The average Bonchev–Trinajstić information content (AvgIpc) is 2.87. The molecule has 1 aromatic carbocycles. The summed E-state index contributed by atoms with van der Waals surface area (Å²) in [7, 11) is 1.48. The first-order chi connectivity index (χ1) is 11.4. The summed E-state index contributed by atoms with van der Waals surface area (Å²) < 4.78 is 5.96. The molecule has 138 valence electrons. The number of ether oxygens (including phenoxy) is 1. The minimum atomic E-state index is -1.08. The van der Waals surface area contributed by atoms with Crippen LogP contribution in [0.25, 0.3) is 0 Å². The molecule has 0 spiro atoms.